The molecule has 2 rings (SSSR count). The molecule has 0 unspecified atom stereocenters. The SMILES string of the molecule is C.Cc1ccnnc1.[3H][n+]1cccc(C)c1. The van der Waals surface area contributed by atoms with Crippen molar-refractivity contribution in [3.63, 3.8) is 0 Å². The smallest absolute Gasteiger partial charge is 0.218 e. The first-order valence-electron chi connectivity index (χ1n) is 4.83. The highest BCUT2D eigenvalue weighted by Crippen LogP contribution is 1.85. The Morgan fingerprint density at radius 1 is 1.20 bits per heavy atom. The molecule has 0 saturated heterocycles. The molecule has 3 nitrogen and oxygen atoms in total. The number of nitrogens with one attached hydrogen (secondary N) is 1. The van der Waals surface area contributed by atoms with Crippen LogP contribution in [0.25, 0.3) is 0 Å². The average Bonchev–Trinajstić information content (AvgIpc) is 2.19. The predicted octanol–water partition coefficient (Wildman–Crippen LogP) is 2.23. The van der Waals surface area contributed by atoms with Crippen LogP contribution in [0.4, 0.5) is 0 Å². The van der Waals surface area contributed by atoms with Gasteiger partial charge in [0, 0.05) is 17.8 Å². The zero-order valence-electron chi connectivity index (χ0n) is 9.38. The van der Waals surface area contributed by atoms with E-state index in [2.05, 4.69) is 10.2 Å². The van der Waals surface area contributed by atoms with Gasteiger partial charge in [0.15, 0.2) is 12.4 Å². The third-order valence-electron chi connectivity index (χ3n) is 1.54. The number of rotatable bonds is 0. The van der Waals surface area contributed by atoms with Crippen molar-refractivity contribution in [3.05, 3.63) is 54.1 Å². The van der Waals surface area contributed by atoms with E-state index in [0.717, 1.165) is 11.1 Å². The molecule has 15 heavy (non-hydrogen) atoms. The van der Waals surface area contributed by atoms with Gasteiger partial charge in [0.1, 0.15) is 0 Å². The van der Waals surface area contributed by atoms with Crippen LogP contribution in [-0.2, 0) is 0 Å². The molecule has 0 amide bonds. The molecule has 2 heterocycles. The van der Waals surface area contributed by atoms with Crippen LogP contribution in [-0.4, -0.2) is 10.2 Å². The molecule has 1 N–H and O–H groups in total. The van der Waals surface area contributed by atoms with Crippen molar-refractivity contribution < 1.29 is 6.39 Å². The van der Waals surface area contributed by atoms with Crippen LogP contribution >= 0.6 is 0 Å². The topological polar surface area (TPSA) is 39.9 Å². The van der Waals surface area contributed by atoms with Crippen molar-refractivity contribution in [1.29, 1.82) is 0 Å². The zero-order valence-corrected chi connectivity index (χ0v) is 8.38. The van der Waals surface area contributed by atoms with Crippen LogP contribution in [0.2, 0.25) is 1.41 Å². The fourth-order valence-electron chi connectivity index (χ4n) is 0.805. The number of aromatic nitrogens is 3. The second-order valence-electron chi connectivity index (χ2n) is 2.95. The molecular weight excluding hydrogens is 186 g/mol. The van der Waals surface area contributed by atoms with Gasteiger partial charge < -0.3 is 0 Å². The Morgan fingerprint density at radius 2 is 2.00 bits per heavy atom. The quantitative estimate of drug-likeness (QED) is 0.663. The number of hydrogen-bond donors (Lipinski definition) is 0. The van der Waals surface area contributed by atoms with Crippen molar-refractivity contribution in [3.8, 4) is 0 Å². The third-order valence-corrected chi connectivity index (χ3v) is 1.54. The molecule has 0 aromatic carbocycles. The van der Waals surface area contributed by atoms with E-state index in [4.69, 9.17) is 1.41 Å². The van der Waals surface area contributed by atoms with Gasteiger partial charge >= 0.3 is 1.41 Å². The monoisotopic (exact) mass is 206 g/mol. The van der Waals surface area contributed by atoms with Gasteiger partial charge in [0.25, 0.3) is 0 Å². The number of nitrogens with zero attached hydrogens (tertiary/aromatic N) is 2. The van der Waals surface area contributed by atoms with Crippen molar-refractivity contribution >= 4 is 0 Å². The summed E-state index contributed by atoms with van der Waals surface area (Å²) >= 11 is 0. The van der Waals surface area contributed by atoms with Crippen LogP contribution in [0.3, 0.4) is 0 Å². The lowest BCUT2D eigenvalue weighted by Gasteiger charge is -1.80. The number of pyridine rings is 1. The van der Waals surface area contributed by atoms with Crippen LogP contribution in [0, 0.1) is 13.8 Å². The summed E-state index contributed by atoms with van der Waals surface area (Å²) in [7, 11) is 0. The van der Waals surface area contributed by atoms with E-state index in [0.29, 0.717) is 0 Å². The largest absolute Gasteiger partial charge is 0.453 e. The van der Waals surface area contributed by atoms with Crippen LogP contribution in [0.1, 0.15) is 18.6 Å². The second-order valence-corrected chi connectivity index (χ2v) is 2.95. The Morgan fingerprint density at radius 3 is 2.33 bits per heavy atom. The van der Waals surface area contributed by atoms with E-state index in [-0.39, 0.29) is 7.43 Å². The first kappa shape index (κ1) is 11.3. The van der Waals surface area contributed by atoms with Gasteiger partial charge in [0.2, 0.25) is 0 Å². The van der Waals surface area contributed by atoms with Crippen molar-refractivity contribution in [2.75, 3.05) is 0 Å². The Balaban J connectivity index is 0.000000267. The maximum absolute atomic E-state index is 7.05. The molecule has 0 aliphatic carbocycles. The molecule has 80 valence electrons. The molecule has 2 aromatic heterocycles. The summed E-state index contributed by atoms with van der Waals surface area (Å²) in [4.78, 5) is 1.29. The van der Waals surface area contributed by atoms with Gasteiger partial charge in [-0.1, -0.05) is 7.43 Å². The minimum Gasteiger partial charge on any atom is -0.218 e. The van der Waals surface area contributed by atoms with Gasteiger partial charge in [-0.3, -0.25) is 0 Å². The molecular formula is C12H18N3+. The minimum absolute atomic E-state index is 0. The number of aromatic amines is 1. The lowest BCUT2D eigenvalue weighted by Crippen LogP contribution is -1.97. The number of aryl methyl sites for hydroxylation is 2. The minimum atomic E-state index is 0. The number of hydrogen-bond acceptors (Lipinski definition) is 2. The summed E-state index contributed by atoms with van der Waals surface area (Å²) in [6.07, 6.45) is 6.84. The molecule has 0 fully saturated rings. The van der Waals surface area contributed by atoms with Gasteiger partial charge in [-0.15, -0.1) is 0 Å². The Bertz CT molecular complexity index is 387. The predicted molar refractivity (Wildman–Crippen MR) is 61.2 cm³/mol. The summed E-state index contributed by atoms with van der Waals surface area (Å²) in [5, 5.41) is 7.23. The summed E-state index contributed by atoms with van der Waals surface area (Å²) in [6, 6.07) is 5.72. The average molecular weight is 206 g/mol. The van der Waals surface area contributed by atoms with E-state index in [9.17, 15) is 0 Å². The number of H-pyrrole nitrogens is 1. The van der Waals surface area contributed by atoms with E-state index in [1.165, 1.54) is 4.98 Å². The summed E-state index contributed by atoms with van der Waals surface area (Å²) < 4.78 is 7.05. The van der Waals surface area contributed by atoms with Gasteiger partial charge in [0.05, 0.1) is 6.20 Å². The van der Waals surface area contributed by atoms with Crippen molar-refractivity contribution in [2.24, 2.45) is 0 Å². The lowest BCUT2D eigenvalue weighted by molar-refractivity contribution is -0.378. The van der Waals surface area contributed by atoms with E-state index in [1.807, 2.05) is 32.0 Å². The van der Waals surface area contributed by atoms with E-state index < -0.39 is 0 Å². The highest BCUT2D eigenvalue weighted by Gasteiger charge is 1.79. The summed E-state index contributed by atoms with van der Waals surface area (Å²) in [5.74, 6) is 0. The molecule has 0 aliphatic rings. The van der Waals surface area contributed by atoms with Crippen LogP contribution in [0.15, 0.2) is 43.0 Å². The maximum atomic E-state index is 7.05. The van der Waals surface area contributed by atoms with Gasteiger partial charge in [-0.05, 0) is 31.5 Å². The second kappa shape index (κ2) is 7.62. The summed E-state index contributed by atoms with van der Waals surface area (Å²) in [5.41, 5.74) is 2.26. The Kier molecular flexibility index (Phi) is 5.74. The fourth-order valence-corrected chi connectivity index (χ4v) is 0.805. The maximum Gasteiger partial charge on any atom is 0.453 e. The molecule has 0 atom stereocenters. The van der Waals surface area contributed by atoms with Crippen molar-refractivity contribution in [2.45, 2.75) is 21.3 Å². The molecule has 0 aliphatic heterocycles. The highest BCUT2D eigenvalue weighted by atomic mass is 15.1. The normalized spacial score (nSPS) is 9.07. The third kappa shape index (κ3) is 6.32. The highest BCUT2D eigenvalue weighted by molar-refractivity contribution is 5.01. The van der Waals surface area contributed by atoms with E-state index in [1.54, 1.807) is 24.8 Å². The molecule has 0 spiro atoms. The standard InChI is InChI=1S/C6H7N.C5H6N2.CH4/c1-6-3-2-4-7-5-6;1-5-2-3-6-7-4-5;/h2-5H,1H3;2-4H,1H3;1H4/p+1/i/hT. The molecule has 0 bridgehead atoms. The Hall–Kier alpha value is -1.77. The van der Waals surface area contributed by atoms with Gasteiger partial charge in [-0.25, -0.2) is 4.98 Å². The molecule has 2 aromatic rings. The molecule has 0 radical (unpaired) electrons. The van der Waals surface area contributed by atoms with Crippen molar-refractivity contribution in [1.82, 2.24) is 10.2 Å². The summed E-state index contributed by atoms with van der Waals surface area (Å²) in [6.45, 7) is 3.94. The first-order valence-corrected chi connectivity index (χ1v) is 4.39. The van der Waals surface area contributed by atoms with Crippen LogP contribution in [0.5, 0.6) is 0 Å². The van der Waals surface area contributed by atoms with Crippen LogP contribution < -0.4 is 4.98 Å². The fraction of sp³-hybridized carbons (Fsp3) is 0.250. The van der Waals surface area contributed by atoms with Gasteiger partial charge in [-0.2, -0.15) is 10.2 Å². The zero-order chi connectivity index (χ0) is 11.1. The first-order chi connectivity index (χ1) is 7.18. The Labute approximate surface area is 92.7 Å². The van der Waals surface area contributed by atoms with E-state index >= 15 is 0 Å². The lowest BCUT2D eigenvalue weighted by atomic mass is 10.3. The molecule has 3 heteroatoms. The molecule has 0 saturated carbocycles.